The Balaban J connectivity index is 2.85. The number of carboxylic acid groups (broad SMARTS) is 1. The monoisotopic (exact) mass is 279 g/mol. The van der Waals surface area contributed by atoms with Gasteiger partial charge in [-0.3, -0.25) is 0 Å². The maximum Gasteiger partial charge on any atom is 0.332 e. The third-order valence-electron chi connectivity index (χ3n) is 2.47. The Bertz CT molecular complexity index is 507. The summed E-state index contributed by atoms with van der Waals surface area (Å²) in [5.74, 6) is -1.57. The molecule has 0 aliphatic carbocycles. The van der Waals surface area contributed by atoms with Gasteiger partial charge in [0.05, 0.1) is 6.61 Å². The van der Waals surface area contributed by atoms with Gasteiger partial charge in [0.25, 0.3) is 0 Å². The highest BCUT2D eigenvalue weighted by molar-refractivity contribution is 5.83. The van der Waals surface area contributed by atoms with Gasteiger partial charge in [0.15, 0.2) is 0 Å². The van der Waals surface area contributed by atoms with Crippen LogP contribution in [0, 0.1) is 0 Å². The van der Waals surface area contributed by atoms with Crippen molar-refractivity contribution in [3.63, 3.8) is 0 Å². The van der Waals surface area contributed by atoms with E-state index in [2.05, 4.69) is 5.32 Å². The first-order valence-electron chi connectivity index (χ1n) is 6.07. The number of carboxylic acids is 1. The van der Waals surface area contributed by atoms with Gasteiger partial charge in [-0.2, -0.15) is 0 Å². The van der Waals surface area contributed by atoms with Crippen LogP contribution in [0.25, 0.3) is 0 Å². The fourth-order valence-corrected chi connectivity index (χ4v) is 1.58. The van der Waals surface area contributed by atoms with Gasteiger partial charge in [-0.25, -0.2) is 9.59 Å². The Morgan fingerprint density at radius 3 is 2.45 bits per heavy atom. The number of aromatic hydroxyl groups is 1. The van der Waals surface area contributed by atoms with Crippen molar-refractivity contribution in [3.05, 3.63) is 41.6 Å². The van der Waals surface area contributed by atoms with Crippen LogP contribution in [0.4, 0.5) is 0 Å². The van der Waals surface area contributed by atoms with Gasteiger partial charge in [-0.1, -0.05) is 12.1 Å². The van der Waals surface area contributed by atoms with Crippen molar-refractivity contribution < 1.29 is 24.5 Å². The van der Waals surface area contributed by atoms with Crippen LogP contribution in [-0.4, -0.2) is 28.8 Å². The van der Waals surface area contributed by atoms with Gasteiger partial charge in [-0.05, 0) is 31.5 Å². The number of hydrogen-bond donors (Lipinski definition) is 3. The lowest BCUT2D eigenvalue weighted by Gasteiger charge is -2.16. The molecule has 0 heterocycles. The molecule has 6 nitrogen and oxygen atoms in total. The molecule has 0 aromatic heterocycles. The van der Waals surface area contributed by atoms with Crippen molar-refractivity contribution in [3.8, 4) is 5.75 Å². The minimum atomic E-state index is -1.09. The Morgan fingerprint density at radius 2 is 1.95 bits per heavy atom. The summed E-state index contributed by atoms with van der Waals surface area (Å²) in [4.78, 5) is 22.5. The van der Waals surface area contributed by atoms with Crippen LogP contribution in [0.1, 0.15) is 25.5 Å². The van der Waals surface area contributed by atoms with Crippen molar-refractivity contribution in [2.24, 2.45) is 0 Å². The molecular formula is C14H17NO5. The molecule has 0 saturated heterocycles. The van der Waals surface area contributed by atoms with Gasteiger partial charge < -0.3 is 20.3 Å². The van der Waals surface area contributed by atoms with E-state index in [-0.39, 0.29) is 12.4 Å². The Labute approximate surface area is 116 Å². The number of aliphatic carboxylic acids is 1. The minimum Gasteiger partial charge on any atom is -0.508 e. The number of benzene rings is 1. The van der Waals surface area contributed by atoms with Crippen LogP contribution in [0.2, 0.25) is 0 Å². The molecular weight excluding hydrogens is 262 g/mol. The van der Waals surface area contributed by atoms with E-state index < -0.39 is 18.0 Å². The number of nitrogens with one attached hydrogen (secondary N) is 1. The summed E-state index contributed by atoms with van der Waals surface area (Å²) in [6.45, 7) is 3.52. The van der Waals surface area contributed by atoms with Crippen molar-refractivity contribution >= 4 is 11.9 Å². The third kappa shape index (κ3) is 4.64. The quantitative estimate of drug-likeness (QED) is 0.540. The average Bonchev–Trinajstić information content (AvgIpc) is 2.37. The first-order chi connectivity index (χ1) is 9.43. The molecule has 1 atom stereocenters. The molecule has 1 aromatic rings. The van der Waals surface area contributed by atoms with Crippen LogP contribution in [0.5, 0.6) is 5.75 Å². The molecule has 3 N–H and O–H groups in total. The lowest BCUT2D eigenvalue weighted by molar-refractivity contribution is -0.140. The lowest BCUT2D eigenvalue weighted by Crippen LogP contribution is -2.27. The third-order valence-corrected chi connectivity index (χ3v) is 2.47. The summed E-state index contributed by atoms with van der Waals surface area (Å²) in [6.07, 6.45) is 1.19. The second-order valence-electron chi connectivity index (χ2n) is 4.09. The van der Waals surface area contributed by atoms with E-state index in [1.807, 2.05) is 0 Å². The molecule has 108 valence electrons. The molecule has 0 saturated carbocycles. The van der Waals surface area contributed by atoms with Crippen molar-refractivity contribution in [2.45, 2.75) is 19.9 Å². The van der Waals surface area contributed by atoms with E-state index in [1.165, 1.54) is 30.3 Å². The summed E-state index contributed by atoms with van der Waals surface area (Å²) < 4.78 is 4.74. The van der Waals surface area contributed by atoms with Crippen molar-refractivity contribution in [1.29, 1.82) is 0 Å². The highest BCUT2D eigenvalue weighted by Gasteiger charge is 2.19. The van der Waals surface area contributed by atoms with Gasteiger partial charge >= 0.3 is 11.9 Å². The molecule has 0 aliphatic heterocycles. The number of carbonyl (C=O) groups is 2. The van der Waals surface area contributed by atoms with Gasteiger partial charge in [0.1, 0.15) is 11.8 Å². The molecule has 0 unspecified atom stereocenters. The Hall–Kier alpha value is -2.50. The molecule has 20 heavy (non-hydrogen) atoms. The lowest BCUT2D eigenvalue weighted by atomic mass is 10.1. The minimum absolute atomic E-state index is 0.0525. The summed E-state index contributed by atoms with van der Waals surface area (Å²) >= 11 is 0. The van der Waals surface area contributed by atoms with Gasteiger partial charge in [-0.15, -0.1) is 0 Å². The number of hydrogen-bond acceptors (Lipinski definition) is 5. The molecule has 6 heteroatoms. The van der Waals surface area contributed by atoms with E-state index in [1.54, 1.807) is 13.8 Å². The zero-order valence-corrected chi connectivity index (χ0v) is 11.3. The topological polar surface area (TPSA) is 95.9 Å². The normalized spacial score (nSPS) is 12.6. The number of ether oxygens (including phenoxy) is 1. The number of rotatable bonds is 6. The van der Waals surface area contributed by atoms with Crippen LogP contribution in [0.15, 0.2) is 36.0 Å². The molecule has 0 amide bonds. The largest absolute Gasteiger partial charge is 0.508 e. The highest BCUT2D eigenvalue weighted by Crippen LogP contribution is 2.18. The maximum absolute atomic E-state index is 11.3. The molecule has 0 fully saturated rings. The number of phenols is 1. The predicted octanol–water partition coefficient (Wildman–Crippen LogP) is 1.57. The van der Waals surface area contributed by atoms with Gasteiger partial charge in [0, 0.05) is 11.8 Å². The van der Waals surface area contributed by atoms with Crippen LogP contribution >= 0.6 is 0 Å². The highest BCUT2D eigenvalue weighted by atomic mass is 16.5. The van der Waals surface area contributed by atoms with Crippen molar-refractivity contribution in [2.75, 3.05) is 6.61 Å². The van der Waals surface area contributed by atoms with Crippen molar-refractivity contribution in [1.82, 2.24) is 5.32 Å². The molecule has 0 bridgehead atoms. The van der Waals surface area contributed by atoms with E-state index in [0.717, 1.165) is 0 Å². The number of allylic oxidation sites excluding steroid dienone is 1. The Kier molecular flexibility index (Phi) is 5.58. The summed E-state index contributed by atoms with van der Waals surface area (Å²) in [6, 6.07) is 4.79. The number of esters is 1. The molecule has 0 aliphatic rings. The van der Waals surface area contributed by atoms with Crippen LogP contribution in [0.3, 0.4) is 0 Å². The smallest absolute Gasteiger partial charge is 0.332 e. The standard InChI is InChI=1S/C14H17NO5/c1-3-20-12(17)8-9(2)15-13(14(18)19)10-4-6-11(16)7-5-10/h4-8,13,15-16H,3H2,1-2H3,(H,18,19)/t13-/m1/s1. The van der Waals surface area contributed by atoms with Gasteiger partial charge in [0.2, 0.25) is 0 Å². The zero-order valence-electron chi connectivity index (χ0n) is 11.3. The summed E-state index contributed by atoms with van der Waals surface area (Å²) in [7, 11) is 0. The second kappa shape index (κ2) is 7.18. The zero-order chi connectivity index (χ0) is 15.1. The molecule has 1 aromatic carbocycles. The van der Waals surface area contributed by atoms with E-state index in [4.69, 9.17) is 4.74 Å². The first-order valence-corrected chi connectivity index (χ1v) is 6.07. The summed E-state index contributed by atoms with van der Waals surface area (Å²) in [5.41, 5.74) is 0.843. The first kappa shape index (κ1) is 15.6. The SMILES string of the molecule is CCOC(=O)C=C(C)N[C@@H](C(=O)O)c1ccc(O)cc1. The fourth-order valence-electron chi connectivity index (χ4n) is 1.58. The second-order valence-corrected chi connectivity index (χ2v) is 4.09. The van der Waals surface area contributed by atoms with Crippen LogP contribution in [-0.2, 0) is 14.3 Å². The number of carbonyl (C=O) groups excluding carboxylic acids is 1. The van der Waals surface area contributed by atoms with E-state index >= 15 is 0 Å². The molecule has 1 rings (SSSR count). The molecule has 0 radical (unpaired) electrons. The predicted molar refractivity (Wildman–Crippen MR) is 72.0 cm³/mol. The van der Waals surface area contributed by atoms with E-state index in [0.29, 0.717) is 11.3 Å². The van der Waals surface area contributed by atoms with Crippen LogP contribution < -0.4 is 5.32 Å². The fraction of sp³-hybridized carbons (Fsp3) is 0.286. The maximum atomic E-state index is 11.3. The molecule has 0 spiro atoms. The average molecular weight is 279 g/mol. The van der Waals surface area contributed by atoms with E-state index in [9.17, 15) is 19.8 Å². The Morgan fingerprint density at radius 1 is 1.35 bits per heavy atom. The summed E-state index contributed by atoms with van der Waals surface area (Å²) in [5, 5.41) is 21.1. The number of phenolic OH excluding ortho intramolecular Hbond substituents is 1.